The Bertz CT molecular complexity index is 506. The van der Waals surface area contributed by atoms with Crippen molar-refractivity contribution in [3.05, 3.63) is 28.5 Å². The summed E-state index contributed by atoms with van der Waals surface area (Å²) in [6, 6.07) is 4.32. The fourth-order valence-electron chi connectivity index (χ4n) is 2.36. The van der Waals surface area contributed by atoms with Gasteiger partial charge in [-0.1, -0.05) is 6.07 Å². The van der Waals surface area contributed by atoms with Crippen molar-refractivity contribution in [3.63, 3.8) is 0 Å². The third-order valence-corrected chi connectivity index (χ3v) is 4.27. The van der Waals surface area contributed by atoms with Crippen LogP contribution >= 0.6 is 11.3 Å². The van der Waals surface area contributed by atoms with Crippen molar-refractivity contribution in [1.82, 2.24) is 10.2 Å². The van der Waals surface area contributed by atoms with Crippen LogP contribution in [0.4, 0.5) is 0 Å². The van der Waals surface area contributed by atoms with Crippen molar-refractivity contribution in [2.75, 3.05) is 6.54 Å². The number of hydrogen-bond acceptors (Lipinski definition) is 3. The summed E-state index contributed by atoms with van der Waals surface area (Å²) in [7, 11) is 0. The number of nitrogens with zero attached hydrogens (tertiary/aromatic N) is 1. The highest BCUT2D eigenvalue weighted by molar-refractivity contribution is 7.10. The van der Waals surface area contributed by atoms with Gasteiger partial charge in [0.25, 0.3) is 0 Å². The van der Waals surface area contributed by atoms with E-state index in [-0.39, 0.29) is 17.9 Å². The van der Waals surface area contributed by atoms with Crippen LogP contribution in [0.15, 0.2) is 23.6 Å². The zero-order valence-corrected chi connectivity index (χ0v) is 11.4. The summed E-state index contributed by atoms with van der Waals surface area (Å²) in [5.41, 5.74) is 0. The van der Waals surface area contributed by atoms with Crippen molar-refractivity contribution in [2.45, 2.75) is 31.3 Å². The van der Waals surface area contributed by atoms with E-state index < -0.39 is 0 Å². The molecular weight excluding hydrogens is 260 g/mol. The quantitative estimate of drug-likeness (QED) is 0.850. The van der Waals surface area contributed by atoms with Crippen LogP contribution < -0.4 is 5.32 Å². The molecule has 100 valence electrons. The molecule has 3 rings (SSSR count). The van der Waals surface area contributed by atoms with Crippen LogP contribution in [0.3, 0.4) is 0 Å². The first-order valence-corrected chi connectivity index (χ1v) is 7.42. The van der Waals surface area contributed by atoms with Gasteiger partial charge in [0.05, 0.1) is 6.04 Å². The molecule has 1 atom stereocenters. The van der Waals surface area contributed by atoms with Crippen LogP contribution in [0.2, 0.25) is 0 Å². The van der Waals surface area contributed by atoms with Crippen molar-refractivity contribution >= 4 is 29.2 Å². The van der Waals surface area contributed by atoms with Gasteiger partial charge < -0.3 is 10.2 Å². The summed E-state index contributed by atoms with van der Waals surface area (Å²) in [6.07, 6.45) is 6.01. The zero-order chi connectivity index (χ0) is 13.2. The number of thiophene rings is 1. The summed E-state index contributed by atoms with van der Waals surface area (Å²) in [6.45, 7) is 0.669. The van der Waals surface area contributed by atoms with Crippen molar-refractivity contribution < 1.29 is 9.59 Å². The zero-order valence-electron chi connectivity index (χ0n) is 10.5. The molecule has 2 fully saturated rings. The highest BCUT2D eigenvalue weighted by atomic mass is 32.1. The van der Waals surface area contributed by atoms with Gasteiger partial charge in [-0.15, -0.1) is 11.3 Å². The first-order valence-electron chi connectivity index (χ1n) is 6.54. The average Bonchev–Trinajstić information content (AvgIpc) is 2.96. The van der Waals surface area contributed by atoms with E-state index >= 15 is 0 Å². The van der Waals surface area contributed by atoms with E-state index in [1.54, 1.807) is 17.4 Å². The Hall–Kier alpha value is -1.62. The van der Waals surface area contributed by atoms with Gasteiger partial charge in [0.2, 0.25) is 11.8 Å². The van der Waals surface area contributed by atoms with Crippen LogP contribution in [0, 0.1) is 0 Å². The first-order chi connectivity index (χ1) is 9.22. The Kier molecular flexibility index (Phi) is 3.38. The minimum absolute atomic E-state index is 0.0337. The maximum absolute atomic E-state index is 11.8. The van der Waals surface area contributed by atoms with E-state index in [4.69, 9.17) is 0 Å². The monoisotopic (exact) mass is 276 g/mol. The molecule has 1 N–H and O–H groups in total. The molecule has 2 aliphatic rings. The molecule has 2 amide bonds. The lowest BCUT2D eigenvalue weighted by molar-refractivity contribution is -0.128. The molecule has 1 aromatic heterocycles. The van der Waals surface area contributed by atoms with Crippen LogP contribution in [0.5, 0.6) is 0 Å². The summed E-state index contributed by atoms with van der Waals surface area (Å²) >= 11 is 1.59. The summed E-state index contributed by atoms with van der Waals surface area (Å²) in [5.74, 6) is 0.0545. The molecule has 1 saturated carbocycles. The van der Waals surface area contributed by atoms with Crippen molar-refractivity contribution in [3.8, 4) is 0 Å². The Morgan fingerprint density at radius 3 is 3.00 bits per heavy atom. The van der Waals surface area contributed by atoms with Gasteiger partial charge in [-0.25, -0.2) is 0 Å². The smallest absolute Gasteiger partial charge is 0.244 e. The second-order valence-corrected chi connectivity index (χ2v) is 6.01. The Morgan fingerprint density at radius 2 is 2.32 bits per heavy atom. The minimum Gasteiger partial charge on any atom is -0.348 e. The van der Waals surface area contributed by atoms with Gasteiger partial charge in [-0.3, -0.25) is 9.59 Å². The second kappa shape index (κ2) is 5.17. The molecule has 5 heteroatoms. The Balaban J connectivity index is 1.51. The van der Waals surface area contributed by atoms with E-state index in [2.05, 4.69) is 5.32 Å². The van der Waals surface area contributed by atoms with Crippen LogP contribution in [0.1, 0.15) is 24.1 Å². The number of nitrogens with one attached hydrogen (secondary N) is 1. The normalized spacial score (nSPS) is 23.3. The third kappa shape index (κ3) is 3.04. The Labute approximate surface area is 116 Å². The molecule has 1 aliphatic carbocycles. The number of hydrogen-bond donors (Lipinski definition) is 1. The number of carbonyl (C=O) groups is 2. The molecule has 0 bridgehead atoms. The number of carbonyl (C=O) groups excluding carboxylic acids is 2. The summed E-state index contributed by atoms with van der Waals surface area (Å²) in [4.78, 5) is 26.5. The highest BCUT2D eigenvalue weighted by Gasteiger charge is 2.39. The van der Waals surface area contributed by atoms with Crippen LogP contribution in [-0.2, 0) is 9.59 Å². The molecule has 0 unspecified atom stereocenters. The topological polar surface area (TPSA) is 49.4 Å². The summed E-state index contributed by atoms with van der Waals surface area (Å²) < 4.78 is 0. The molecule has 2 heterocycles. The molecule has 0 aromatic carbocycles. The van der Waals surface area contributed by atoms with E-state index in [1.165, 1.54) is 6.08 Å². The largest absolute Gasteiger partial charge is 0.348 e. The summed E-state index contributed by atoms with van der Waals surface area (Å²) in [5, 5.41) is 4.87. The van der Waals surface area contributed by atoms with Gasteiger partial charge in [-0.2, -0.15) is 0 Å². The maximum Gasteiger partial charge on any atom is 0.244 e. The lowest BCUT2D eigenvalue weighted by Crippen LogP contribution is -2.36. The van der Waals surface area contributed by atoms with E-state index in [0.717, 1.165) is 17.7 Å². The number of amides is 2. The predicted octanol–water partition coefficient (Wildman–Crippen LogP) is 1.64. The molecule has 19 heavy (non-hydrogen) atoms. The minimum atomic E-state index is -0.121. The van der Waals surface area contributed by atoms with Crippen LogP contribution in [0.25, 0.3) is 6.08 Å². The Morgan fingerprint density at radius 1 is 1.47 bits per heavy atom. The van der Waals surface area contributed by atoms with Gasteiger partial charge >= 0.3 is 0 Å². The van der Waals surface area contributed by atoms with Crippen molar-refractivity contribution in [2.24, 2.45) is 0 Å². The molecule has 1 saturated heterocycles. The first kappa shape index (κ1) is 12.4. The highest BCUT2D eigenvalue weighted by Crippen LogP contribution is 2.30. The molecule has 4 nitrogen and oxygen atoms in total. The maximum atomic E-state index is 11.8. The molecule has 0 spiro atoms. The fourth-order valence-corrected chi connectivity index (χ4v) is 2.98. The second-order valence-electron chi connectivity index (χ2n) is 5.04. The van der Waals surface area contributed by atoms with Crippen LogP contribution in [-0.4, -0.2) is 35.3 Å². The van der Waals surface area contributed by atoms with Gasteiger partial charge in [0, 0.05) is 30.0 Å². The molecule has 0 radical (unpaired) electrons. The van der Waals surface area contributed by atoms with E-state index in [0.29, 0.717) is 19.0 Å². The predicted molar refractivity (Wildman–Crippen MR) is 74.6 cm³/mol. The van der Waals surface area contributed by atoms with Crippen molar-refractivity contribution in [1.29, 1.82) is 0 Å². The van der Waals surface area contributed by atoms with Gasteiger partial charge in [-0.05, 0) is 30.4 Å². The lowest BCUT2D eigenvalue weighted by atomic mass is 10.2. The lowest BCUT2D eigenvalue weighted by Gasteiger charge is -2.15. The van der Waals surface area contributed by atoms with E-state index in [9.17, 15) is 9.59 Å². The van der Waals surface area contributed by atoms with Gasteiger partial charge in [0.1, 0.15) is 0 Å². The van der Waals surface area contributed by atoms with Gasteiger partial charge in [0.15, 0.2) is 0 Å². The molecule has 1 aliphatic heterocycles. The fraction of sp³-hybridized carbons (Fsp3) is 0.429. The van der Waals surface area contributed by atoms with E-state index in [1.807, 2.05) is 22.4 Å². The number of rotatable bonds is 4. The number of likely N-dealkylation sites (tertiary alicyclic amines) is 1. The molecule has 1 aromatic rings. The molecular formula is C14H16N2O2S. The third-order valence-electron chi connectivity index (χ3n) is 3.43. The average molecular weight is 276 g/mol. The standard InChI is InChI=1S/C14H16N2O2S/c17-13(6-5-12-2-1-7-19-12)15-10-8-14(18)16(9-10)11-3-4-11/h1-2,5-7,10-11H,3-4,8-9H2,(H,15,17)/b6-5+/t10-/m0/s1. The SMILES string of the molecule is O=C(/C=C/c1cccs1)N[C@H]1CC(=O)N(C2CC2)C1.